The van der Waals surface area contributed by atoms with Crippen molar-refractivity contribution in [2.45, 2.75) is 13.3 Å². The van der Waals surface area contributed by atoms with Gasteiger partial charge in [-0.15, -0.1) is 0 Å². The Hall–Kier alpha value is -2.10. The molecule has 0 saturated heterocycles. The summed E-state index contributed by atoms with van der Waals surface area (Å²) >= 11 is 0. The first-order valence-corrected chi connectivity index (χ1v) is 4.78. The van der Waals surface area contributed by atoms with Gasteiger partial charge in [-0.25, -0.2) is 0 Å². The van der Waals surface area contributed by atoms with E-state index in [1.807, 2.05) is 0 Å². The molecule has 0 aliphatic rings. The van der Waals surface area contributed by atoms with Crippen molar-refractivity contribution in [2.75, 3.05) is 5.32 Å². The van der Waals surface area contributed by atoms with Crippen molar-refractivity contribution < 1.29 is 14.3 Å². The lowest BCUT2D eigenvalue weighted by atomic mass is 10.1. The molecule has 0 aliphatic heterocycles. The molecule has 1 aromatic carbocycles. The van der Waals surface area contributed by atoms with Crippen LogP contribution in [0.5, 0.6) is 0 Å². The molecule has 4 nitrogen and oxygen atoms in total. The molecule has 1 aromatic rings. The van der Waals surface area contributed by atoms with Gasteiger partial charge in [0.15, 0.2) is 0 Å². The van der Waals surface area contributed by atoms with Crippen LogP contribution in [0, 0.1) is 0 Å². The topological polar surface area (TPSA) is 55.4 Å². The van der Waals surface area contributed by atoms with Gasteiger partial charge in [-0.05, 0) is 17.7 Å². The Balaban J connectivity index is 2.60. The maximum Gasteiger partial charge on any atom is 0.315 e. The Morgan fingerprint density at radius 1 is 1.38 bits per heavy atom. The Labute approximate surface area is 93.9 Å². The number of hydrogen-bond acceptors (Lipinski definition) is 3. The van der Waals surface area contributed by atoms with E-state index in [9.17, 15) is 9.59 Å². The van der Waals surface area contributed by atoms with E-state index in [1.165, 1.54) is 6.92 Å². The van der Waals surface area contributed by atoms with Crippen LogP contribution in [0.25, 0.3) is 0 Å². The van der Waals surface area contributed by atoms with E-state index in [0.29, 0.717) is 5.69 Å². The second-order valence-corrected chi connectivity index (χ2v) is 3.21. The van der Waals surface area contributed by atoms with Gasteiger partial charge in [0.1, 0.15) is 0 Å². The maximum absolute atomic E-state index is 11.1. The van der Waals surface area contributed by atoms with Crippen molar-refractivity contribution in [2.24, 2.45) is 0 Å². The summed E-state index contributed by atoms with van der Waals surface area (Å²) in [7, 11) is 0. The fraction of sp³-hybridized carbons (Fsp3) is 0.167. The van der Waals surface area contributed by atoms with Gasteiger partial charge in [0, 0.05) is 12.6 Å². The van der Waals surface area contributed by atoms with Crippen LogP contribution in [0.4, 0.5) is 5.69 Å². The predicted molar refractivity (Wildman–Crippen MR) is 60.7 cm³/mol. The first-order chi connectivity index (χ1) is 7.61. The van der Waals surface area contributed by atoms with Crippen LogP contribution in [-0.2, 0) is 20.7 Å². The quantitative estimate of drug-likeness (QED) is 0.621. The molecular formula is C12H13NO3. The van der Waals surface area contributed by atoms with E-state index >= 15 is 0 Å². The molecule has 0 saturated carbocycles. The Bertz CT molecular complexity index is 395. The normalized spacial score (nSPS) is 9.31. The second kappa shape index (κ2) is 5.70. The summed E-state index contributed by atoms with van der Waals surface area (Å²) in [5.41, 5.74) is 1.52. The van der Waals surface area contributed by atoms with Gasteiger partial charge in [0.25, 0.3) is 0 Å². The molecular weight excluding hydrogens is 206 g/mol. The van der Waals surface area contributed by atoms with Crippen LogP contribution in [0.3, 0.4) is 0 Å². The van der Waals surface area contributed by atoms with Crippen molar-refractivity contribution in [3.63, 3.8) is 0 Å². The zero-order valence-electron chi connectivity index (χ0n) is 9.03. The van der Waals surface area contributed by atoms with Crippen LogP contribution in [0.2, 0.25) is 0 Å². The van der Waals surface area contributed by atoms with Crippen LogP contribution >= 0.6 is 0 Å². The second-order valence-electron chi connectivity index (χ2n) is 3.21. The molecule has 84 valence electrons. The summed E-state index contributed by atoms with van der Waals surface area (Å²) in [5.74, 6) is -0.485. The molecule has 1 amide bonds. The van der Waals surface area contributed by atoms with E-state index in [1.54, 1.807) is 24.3 Å². The molecule has 0 bridgehead atoms. The summed E-state index contributed by atoms with van der Waals surface area (Å²) in [6.45, 7) is 4.74. The predicted octanol–water partition coefficient (Wildman–Crippen LogP) is 1.87. The number of nitrogens with one attached hydrogen (secondary N) is 1. The number of rotatable bonds is 4. The third-order valence-corrected chi connectivity index (χ3v) is 1.84. The highest BCUT2D eigenvalue weighted by molar-refractivity contribution is 5.88. The lowest BCUT2D eigenvalue weighted by Crippen LogP contribution is -2.06. The Kier molecular flexibility index (Phi) is 4.27. The highest BCUT2D eigenvalue weighted by Gasteiger charge is 2.03. The van der Waals surface area contributed by atoms with Crippen molar-refractivity contribution in [3.05, 3.63) is 42.7 Å². The number of anilines is 1. The molecule has 0 spiro atoms. The molecule has 0 aromatic heterocycles. The van der Waals surface area contributed by atoms with E-state index in [-0.39, 0.29) is 18.3 Å². The average molecular weight is 219 g/mol. The smallest absolute Gasteiger partial charge is 0.315 e. The number of carbonyl (C=O) groups is 2. The van der Waals surface area contributed by atoms with E-state index in [2.05, 4.69) is 16.6 Å². The number of esters is 1. The fourth-order valence-corrected chi connectivity index (χ4v) is 1.21. The van der Waals surface area contributed by atoms with Crippen LogP contribution in [0.1, 0.15) is 12.5 Å². The summed E-state index contributed by atoms with van der Waals surface area (Å²) in [6.07, 6.45) is 1.29. The third-order valence-electron chi connectivity index (χ3n) is 1.84. The molecule has 0 atom stereocenters. The highest BCUT2D eigenvalue weighted by Crippen LogP contribution is 2.10. The first kappa shape index (κ1) is 12.0. The van der Waals surface area contributed by atoms with Crippen molar-refractivity contribution in [1.82, 2.24) is 0 Å². The largest absolute Gasteiger partial charge is 0.435 e. The Morgan fingerprint density at radius 2 is 2.00 bits per heavy atom. The van der Waals surface area contributed by atoms with Gasteiger partial charge in [-0.1, -0.05) is 18.7 Å². The van der Waals surface area contributed by atoms with Crippen LogP contribution < -0.4 is 5.32 Å². The number of benzene rings is 1. The van der Waals surface area contributed by atoms with Gasteiger partial charge in [0.2, 0.25) is 5.91 Å². The summed E-state index contributed by atoms with van der Waals surface area (Å²) in [5, 5.41) is 2.64. The van der Waals surface area contributed by atoms with E-state index < -0.39 is 0 Å². The van der Waals surface area contributed by atoms with E-state index in [4.69, 9.17) is 0 Å². The Morgan fingerprint density at radius 3 is 2.50 bits per heavy atom. The lowest BCUT2D eigenvalue weighted by Gasteiger charge is -2.03. The van der Waals surface area contributed by atoms with Gasteiger partial charge >= 0.3 is 5.97 Å². The van der Waals surface area contributed by atoms with Gasteiger partial charge in [-0.2, -0.15) is 0 Å². The minimum Gasteiger partial charge on any atom is -0.435 e. The van der Waals surface area contributed by atoms with Gasteiger partial charge in [0.05, 0.1) is 12.7 Å². The average Bonchev–Trinajstić information content (AvgIpc) is 2.20. The summed E-state index contributed by atoms with van der Waals surface area (Å²) in [4.78, 5) is 21.9. The molecule has 1 rings (SSSR count). The standard InChI is InChI=1S/C12H13NO3/c1-3-16-12(15)8-10-4-6-11(7-5-10)13-9(2)14/h3-7H,1,8H2,2H3,(H,13,14). The zero-order valence-corrected chi connectivity index (χ0v) is 9.03. The minimum atomic E-state index is -0.359. The summed E-state index contributed by atoms with van der Waals surface area (Å²) in [6, 6.07) is 6.99. The molecule has 0 unspecified atom stereocenters. The number of ether oxygens (including phenoxy) is 1. The summed E-state index contributed by atoms with van der Waals surface area (Å²) < 4.78 is 4.60. The van der Waals surface area contributed by atoms with E-state index in [0.717, 1.165) is 11.8 Å². The maximum atomic E-state index is 11.1. The molecule has 0 aliphatic carbocycles. The number of hydrogen-bond donors (Lipinski definition) is 1. The van der Waals surface area contributed by atoms with Gasteiger partial charge < -0.3 is 10.1 Å². The molecule has 16 heavy (non-hydrogen) atoms. The zero-order chi connectivity index (χ0) is 12.0. The molecule has 0 heterocycles. The SMILES string of the molecule is C=COC(=O)Cc1ccc(NC(C)=O)cc1. The third kappa shape index (κ3) is 3.96. The van der Waals surface area contributed by atoms with Crippen molar-refractivity contribution in [1.29, 1.82) is 0 Å². The van der Waals surface area contributed by atoms with Crippen molar-refractivity contribution in [3.8, 4) is 0 Å². The number of amides is 1. The van der Waals surface area contributed by atoms with Gasteiger partial charge in [-0.3, -0.25) is 9.59 Å². The van der Waals surface area contributed by atoms with Crippen LogP contribution in [0.15, 0.2) is 37.1 Å². The first-order valence-electron chi connectivity index (χ1n) is 4.78. The molecule has 1 N–H and O–H groups in total. The molecule has 0 fully saturated rings. The minimum absolute atomic E-state index is 0.126. The lowest BCUT2D eigenvalue weighted by molar-refractivity contribution is -0.137. The molecule has 4 heteroatoms. The fourth-order valence-electron chi connectivity index (χ4n) is 1.21. The number of carbonyl (C=O) groups excluding carboxylic acids is 2. The highest BCUT2D eigenvalue weighted by atomic mass is 16.5. The van der Waals surface area contributed by atoms with Crippen LogP contribution in [-0.4, -0.2) is 11.9 Å². The monoisotopic (exact) mass is 219 g/mol. The van der Waals surface area contributed by atoms with Crippen molar-refractivity contribution >= 4 is 17.6 Å². The molecule has 0 radical (unpaired) electrons.